The van der Waals surface area contributed by atoms with Crippen LogP contribution < -0.4 is 0 Å². The Morgan fingerprint density at radius 2 is 2.00 bits per heavy atom. The Morgan fingerprint density at radius 3 is 2.79 bits per heavy atom. The third kappa shape index (κ3) is 2.24. The number of rotatable bonds is 2. The molecule has 0 spiro atoms. The van der Waals surface area contributed by atoms with Crippen molar-refractivity contribution in [2.75, 3.05) is 0 Å². The second kappa shape index (κ2) is 4.79. The first kappa shape index (κ1) is 11.2. The van der Waals surface area contributed by atoms with Crippen LogP contribution in [0.15, 0.2) is 67.3 Å². The zero-order valence-corrected chi connectivity index (χ0v) is 10.2. The second-order valence-corrected chi connectivity index (χ2v) is 4.21. The Morgan fingerprint density at radius 1 is 1.05 bits per heavy atom. The van der Waals surface area contributed by atoms with Gasteiger partial charge in [0.1, 0.15) is 0 Å². The summed E-state index contributed by atoms with van der Waals surface area (Å²) >= 11 is 0. The van der Waals surface area contributed by atoms with Crippen LogP contribution in [-0.4, -0.2) is 9.55 Å². The van der Waals surface area contributed by atoms with E-state index in [-0.39, 0.29) is 0 Å². The van der Waals surface area contributed by atoms with Crippen LogP contribution in [0.5, 0.6) is 0 Å². The maximum atomic E-state index is 8.92. The SMILES string of the molecule is N#Cc1cccc(-n2ccc(-c3cccnc3)c2)c1. The van der Waals surface area contributed by atoms with Crippen molar-refractivity contribution in [1.82, 2.24) is 9.55 Å². The van der Waals surface area contributed by atoms with Gasteiger partial charge in [-0.3, -0.25) is 4.98 Å². The van der Waals surface area contributed by atoms with Crippen LogP contribution >= 0.6 is 0 Å². The van der Waals surface area contributed by atoms with Gasteiger partial charge in [-0.25, -0.2) is 0 Å². The van der Waals surface area contributed by atoms with Crippen LogP contribution in [0.3, 0.4) is 0 Å². The lowest BCUT2D eigenvalue weighted by Gasteiger charge is -2.02. The molecule has 0 bridgehead atoms. The fraction of sp³-hybridized carbons (Fsp3) is 0. The molecule has 2 aromatic heterocycles. The van der Waals surface area contributed by atoms with Crippen molar-refractivity contribution in [3.63, 3.8) is 0 Å². The highest BCUT2D eigenvalue weighted by atomic mass is 14.9. The Labute approximate surface area is 111 Å². The Bertz CT molecular complexity index is 736. The molecule has 3 aromatic rings. The average molecular weight is 245 g/mol. The molecular formula is C16H11N3. The van der Waals surface area contributed by atoms with E-state index >= 15 is 0 Å². The van der Waals surface area contributed by atoms with Crippen molar-refractivity contribution in [2.24, 2.45) is 0 Å². The van der Waals surface area contributed by atoms with E-state index in [9.17, 15) is 0 Å². The van der Waals surface area contributed by atoms with Crippen LogP contribution in [0.1, 0.15) is 5.56 Å². The fourth-order valence-electron chi connectivity index (χ4n) is 2.00. The smallest absolute Gasteiger partial charge is 0.0992 e. The van der Waals surface area contributed by atoms with Crippen molar-refractivity contribution in [1.29, 1.82) is 5.26 Å². The van der Waals surface area contributed by atoms with Gasteiger partial charge in [-0.05, 0) is 30.3 Å². The minimum absolute atomic E-state index is 0.661. The van der Waals surface area contributed by atoms with E-state index in [2.05, 4.69) is 11.1 Å². The summed E-state index contributed by atoms with van der Waals surface area (Å²) in [7, 11) is 0. The lowest BCUT2D eigenvalue weighted by Crippen LogP contribution is -1.89. The topological polar surface area (TPSA) is 41.6 Å². The van der Waals surface area contributed by atoms with Gasteiger partial charge in [0.05, 0.1) is 11.6 Å². The lowest BCUT2D eigenvalue weighted by atomic mass is 10.2. The van der Waals surface area contributed by atoms with Gasteiger partial charge in [-0.15, -0.1) is 0 Å². The monoisotopic (exact) mass is 245 g/mol. The minimum atomic E-state index is 0.661. The highest BCUT2D eigenvalue weighted by Gasteiger charge is 2.02. The van der Waals surface area contributed by atoms with Crippen LogP contribution in [0.25, 0.3) is 16.8 Å². The molecule has 0 amide bonds. The number of nitrogens with zero attached hydrogens (tertiary/aromatic N) is 3. The first-order valence-corrected chi connectivity index (χ1v) is 5.96. The van der Waals surface area contributed by atoms with Crippen molar-refractivity contribution in [3.05, 3.63) is 72.8 Å². The van der Waals surface area contributed by atoms with E-state index in [1.54, 1.807) is 12.3 Å². The normalized spacial score (nSPS) is 10.1. The van der Waals surface area contributed by atoms with Crippen LogP contribution in [0.2, 0.25) is 0 Å². The van der Waals surface area contributed by atoms with Crippen molar-refractivity contribution in [3.8, 4) is 22.9 Å². The van der Waals surface area contributed by atoms with E-state index in [1.807, 2.05) is 59.6 Å². The van der Waals surface area contributed by atoms with E-state index in [1.165, 1.54) is 0 Å². The first-order chi connectivity index (χ1) is 9.36. The molecule has 90 valence electrons. The average Bonchev–Trinajstić information content (AvgIpc) is 2.98. The molecule has 0 unspecified atom stereocenters. The number of aromatic nitrogens is 2. The van der Waals surface area contributed by atoms with Gasteiger partial charge < -0.3 is 4.57 Å². The molecule has 0 N–H and O–H groups in total. The molecule has 0 aliphatic rings. The Hall–Kier alpha value is -2.86. The summed E-state index contributed by atoms with van der Waals surface area (Å²) in [6.07, 6.45) is 7.62. The zero-order valence-electron chi connectivity index (χ0n) is 10.2. The van der Waals surface area contributed by atoms with Crippen LogP contribution in [0.4, 0.5) is 0 Å². The molecule has 0 radical (unpaired) electrons. The number of benzene rings is 1. The fourth-order valence-corrected chi connectivity index (χ4v) is 2.00. The van der Waals surface area contributed by atoms with Gasteiger partial charge in [0, 0.05) is 41.6 Å². The summed E-state index contributed by atoms with van der Waals surface area (Å²) in [6.45, 7) is 0. The predicted octanol–water partition coefficient (Wildman–Crippen LogP) is 3.41. The van der Waals surface area contributed by atoms with E-state index in [0.717, 1.165) is 16.8 Å². The van der Waals surface area contributed by atoms with Gasteiger partial charge in [0.15, 0.2) is 0 Å². The summed E-state index contributed by atoms with van der Waals surface area (Å²) in [6, 6.07) is 15.7. The summed E-state index contributed by atoms with van der Waals surface area (Å²) in [5.74, 6) is 0. The van der Waals surface area contributed by atoms with Gasteiger partial charge in [-0.1, -0.05) is 12.1 Å². The Kier molecular flexibility index (Phi) is 2.83. The number of hydrogen-bond donors (Lipinski definition) is 0. The minimum Gasteiger partial charge on any atom is -0.323 e. The van der Waals surface area contributed by atoms with Crippen LogP contribution in [-0.2, 0) is 0 Å². The Balaban J connectivity index is 2.00. The van der Waals surface area contributed by atoms with Crippen LogP contribution in [0, 0.1) is 11.3 Å². The molecule has 3 rings (SSSR count). The molecule has 0 aliphatic heterocycles. The molecule has 0 atom stereocenters. The molecule has 2 heterocycles. The van der Waals surface area contributed by atoms with E-state index in [4.69, 9.17) is 5.26 Å². The molecule has 3 heteroatoms. The largest absolute Gasteiger partial charge is 0.323 e. The highest BCUT2D eigenvalue weighted by Crippen LogP contribution is 2.20. The standard InChI is InChI=1S/C16H11N3/c17-10-13-3-1-5-16(9-13)19-8-6-15(12-19)14-4-2-7-18-11-14/h1-9,11-12H. The van der Waals surface area contributed by atoms with E-state index < -0.39 is 0 Å². The predicted molar refractivity (Wildman–Crippen MR) is 73.7 cm³/mol. The van der Waals surface area contributed by atoms with Gasteiger partial charge in [0.2, 0.25) is 0 Å². The third-order valence-corrected chi connectivity index (χ3v) is 2.96. The molecule has 0 aliphatic carbocycles. The lowest BCUT2D eigenvalue weighted by molar-refractivity contribution is 1.08. The summed E-state index contributed by atoms with van der Waals surface area (Å²) in [5, 5.41) is 8.92. The van der Waals surface area contributed by atoms with Crippen molar-refractivity contribution < 1.29 is 0 Å². The number of pyridine rings is 1. The quantitative estimate of drug-likeness (QED) is 0.694. The maximum Gasteiger partial charge on any atom is 0.0992 e. The van der Waals surface area contributed by atoms with Gasteiger partial charge in [0.25, 0.3) is 0 Å². The van der Waals surface area contributed by atoms with E-state index in [0.29, 0.717) is 5.56 Å². The van der Waals surface area contributed by atoms with Gasteiger partial charge in [-0.2, -0.15) is 5.26 Å². The third-order valence-electron chi connectivity index (χ3n) is 2.96. The summed E-state index contributed by atoms with van der Waals surface area (Å²) < 4.78 is 2.00. The molecule has 19 heavy (non-hydrogen) atoms. The zero-order chi connectivity index (χ0) is 13.1. The van der Waals surface area contributed by atoms with Crippen molar-refractivity contribution >= 4 is 0 Å². The highest BCUT2D eigenvalue weighted by molar-refractivity contribution is 5.62. The molecule has 0 saturated heterocycles. The molecule has 0 saturated carbocycles. The summed E-state index contributed by atoms with van der Waals surface area (Å²) in [5.41, 5.74) is 3.83. The molecule has 3 nitrogen and oxygen atoms in total. The summed E-state index contributed by atoms with van der Waals surface area (Å²) in [4.78, 5) is 4.12. The molecular weight excluding hydrogens is 234 g/mol. The second-order valence-electron chi connectivity index (χ2n) is 4.21. The molecule has 0 fully saturated rings. The van der Waals surface area contributed by atoms with Gasteiger partial charge >= 0.3 is 0 Å². The molecule has 1 aromatic carbocycles. The number of hydrogen-bond acceptors (Lipinski definition) is 2. The first-order valence-electron chi connectivity index (χ1n) is 5.96. The maximum absolute atomic E-state index is 8.92. The van der Waals surface area contributed by atoms with Crippen molar-refractivity contribution in [2.45, 2.75) is 0 Å². The number of nitriles is 1.